The van der Waals surface area contributed by atoms with Crippen molar-refractivity contribution < 1.29 is 4.74 Å². The van der Waals surface area contributed by atoms with Crippen molar-refractivity contribution in [3.05, 3.63) is 288 Å². The highest BCUT2D eigenvalue weighted by atomic mass is 16.5. The molecule has 0 aromatic heterocycles. The van der Waals surface area contributed by atoms with Crippen LogP contribution in [0.1, 0.15) is 47.2 Å². The number of hydrogen-bond acceptors (Lipinski definition) is 3. The second-order valence-electron chi connectivity index (χ2n) is 19.6. The van der Waals surface area contributed by atoms with Gasteiger partial charge in [-0.3, -0.25) is 0 Å². The van der Waals surface area contributed by atoms with Crippen LogP contribution in [-0.4, -0.2) is 0 Å². The zero-order valence-electron chi connectivity index (χ0n) is 39.6. The normalized spacial score (nSPS) is 13.8. The molecule has 1 heterocycles. The zero-order chi connectivity index (χ0) is 47.3. The molecule has 0 unspecified atom stereocenters. The first-order chi connectivity index (χ1) is 35.0. The van der Waals surface area contributed by atoms with E-state index in [0.29, 0.717) is 0 Å². The number of fused-ring (bicyclic) bond motifs is 8. The van der Waals surface area contributed by atoms with Crippen molar-refractivity contribution in [1.29, 1.82) is 0 Å². The maximum absolute atomic E-state index is 7.51. The van der Waals surface area contributed by atoms with Crippen molar-refractivity contribution in [3.8, 4) is 44.9 Å². The van der Waals surface area contributed by atoms with Gasteiger partial charge in [-0.05, 0) is 133 Å². The van der Waals surface area contributed by atoms with Crippen LogP contribution in [-0.2, 0) is 10.8 Å². The first kappa shape index (κ1) is 41.1. The van der Waals surface area contributed by atoms with E-state index in [4.69, 9.17) is 4.74 Å². The third-order valence-electron chi connectivity index (χ3n) is 15.5. The quantitative estimate of drug-likeness (QED) is 0.151. The Kier molecular flexibility index (Phi) is 9.15. The minimum absolute atomic E-state index is 0.205. The summed E-state index contributed by atoms with van der Waals surface area (Å²) in [7, 11) is 0. The van der Waals surface area contributed by atoms with Crippen LogP contribution in [0.3, 0.4) is 0 Å². The molecule has 0 radical (unpaired) electrons. The van der Waals surface area contributed by atoms with Crippen LogP contribution in [0.5, 0.6) is 11.5 Å². The zero-order valence-corrected chi connectivity index (χ0v) is 39.6. The largest absolute Gasteiger partial charge is 0.454 e. The highest BCUT2D eigenvalue weighted by molar-refractivity contribution is 6.11. The summed E-state index contributed by atoms with van der Waals surface area (Å²) in [6, 6.07) is 93.3. The maximum atomic E-state index is 7.51. The van der Waals surface area contributed by atoms with Crippen molar-refractivity contribution in [2.45, 2.75) is 24.7 Å². The minimum atomic E-state index is -0.572. The fraction of sp³-hybridized carbons (Fsp3) is 0.0588. The Hall–Kier alpha value is -8.92. The van der Waals surface area contributed by atoms with Gasteiger partial charge in [0.25, 0.3) is 0 Å². The number of ether oxygens (including phenoxy) is 1. The highest BCUT2D eigenvalue weighted by Gasteiger charge is 2.46. The number of hydrogen-bond donors (Lipinski definition) is 0. The standard InChI is InChI=1S/C68H48N2O/c1-67(2)57-33-17-15-30-52(57)54-40-38-50(43-59(54)67)70(51-39-41-55-53-31-16-18-34-58(53)68(60(55)44-51,46-22-7-3-8-23-46)47-24-9-4-10-25-47)62-42-37-45-21-19-32-56-64(45)66(62)71-63-36-20-35-61(65(56)63)69(48-26-11-5-12-27-48)49-28-13-6-14-29-49/h3-44H,1-2H3. The van der Waals surface area contributed by atoms with E-state index in [0.717, 1.165) is 67.5 Å². The molecule has 11 aromatic carbocycles. The summed E-state index contributed by atoms with van der Waals surface area (Å²) in [5.41, 5.74) is 20.5. The van der Waals surface area contributed by atoms with Gasteiger partial charge in [0.05, 0.1) is 16.8 Å². The van der Waals surface area contributed by atoms with E-state index in [1.165, 1.54) is 55.6 Å². The molecule has 0 saturated heterocycles. The third-order valence-corrected chi connectivity index (χ3v) is 15.5. The first-order valence-corrected chi connectivity index (χ1v) is 24.7. The predicted molar refractivity (Wildman–Crippen MR) is 294 cm³/mol. The van der Waals surface area contributed by atoms with E-state index in [-0.39, 0.29) is 5.41 Å². The smallest absolute Gasteiger partial charge is 0.159 e. The SMILES string of the molecule is CC1(C)c2ccccc2-c2ccc(N(c3ccc4c(c3)C(c3ccccc3)(c3ccccc3)c3ccccc3-4)c3ccc4cccc5c4c3Oc3cccc(N(c4ccccc4)c4ccccc4)c3-5)cc21. The molecule has 71 heavy (non-hydrogen) atoms. The number of anilines is 6. The van der Waals surface area contributed by atoms with Gasteiger partial charge in [-0.15, -0.1) is 0 Å². The fourth-order valence-electron chi connectivity index (χ4n) is 12.4. The lowest BCUT2D eigenvalue weighted by atomic mass is 9.67. The van der Waals surface area contributed by atoms with Crippen LogP contribution in [0.2, 0.25) is 0 Å². The Morgan fingerprint density at radius 2 is 0.831 bits per heavy atom. The molecule has 0 atom stereocenters. The van der Waals surface area contributed by atoms with Gasteiger partial charge in [-0.25, -0.2) is 0 Å². The summed E-state index contributed by atoms with van der Waals surface area (Å²) in [5, 5.41) is 2.20. The van der Waals surface area contributed by atoms with Crippen LogP contribution in [0, 0.1) is 0 Å². The van der Waals surface area contributed by atoms with Crippen LogP contribution in [0.25, 0.3) is 44.2 Å². The number of nitrogens with zero attached hydrogens (tertiary/aromatic N) is 2. The molecule has 0 bridgehead atoms. The Morgan fingerprint density at radius 3 is 1.48 bits per heavy atom. The lowest BCUT2D eigenvalue weighted by Crippen LogP contribution is -2.28. The molecule has 3 nitrogen and oxygen atoms in total. The molecule has 3 heteroatoms. The number of benzene rings is 11. The summed E-state index contributed by atoms with van der Waals surface area (Å²) in [6.07, 6.45) is 0. The van der Waals surface area contributed by atoms with E-state index in [9.17, 15) is 0 Å². The summed E-state index contributed by atoms with van der Waals surface area (Å²) >= 11 is 0. The monoisotopic (exact) mass is 908 g/mol. The van der Waals surface area contributed by atoms with Gasteiger partial charge in [-0.1, -0.05) is 202 Å². The molecular formula is C68H48N2O. The Labute approximate surface area is 415 Å². The second-order valence-corrected chi connectivity index (χ2v) is 19.6. The number of para-hydroxylation sites is 2. The van der Waals surface area contributed by atoms with Gasteiger partial charge in [0.15, 0.2) is 5.75 Å². The van der Waals surface area contributed by atoms with Crippen LogP contribution >= 0.6 is 0 Å². The summed E-state index contributed by atoms with van der Waals surface area (Å²) in [6.45, 7) is 4.73. The summed E-state index contributed by atoms with van der Waals surface area (Å²) < 4.78 is 7.51. The maximum Gasteiger partial charge on any atom is 0.159 e. The molecule has 1 aliphatic heterocycles. The topological polar surface area (TPSA) is 15.7 Å². The molecule has 0 N–H and O–H groups in total. The van der Waals surface area contributed by atoms with Gasteiger partial charge in [0.1, 0.15) is 5.75 Å². The van der Waals surface area contributed by atoms with Gasteiger partial charge in [0.2, 0.25) is 0 Å². The predicted octanol–water partition coefficient (Wildman–Crippen LogP) is 18.2. The molecule has 3 aliphatic rings. The van der Waals surface area contributed by atoms with Gasteiger partial charge in [-0.2, -0.15) is 0 Å². The lowest BCUT2D eigenvalue weighted by Gasteiger charge is -2.36. The van der Waals surface area contributed by atoms with E-state index < -0.39 is 5.41 Å². The van der Waals surface area contributed by atoms with Crippen molar-refractivity contribution >= 4 is 44.9 Å². The number of rotatable bonds is 8. The first-order valence-electron chi connectivity index (χ1n) is 24.7. The molecule has 0 saturated carbocycles. The Bertz CT molecular complexity index is 3800. The van der Waals surface area contributed by atoms with Crippen molar-refractivity contribution in [2.24, 2.45) is 0 Å². The van der Waals surface area contributed by atoms with Crippen LogP contribution in [0.15, 0.2) is 255 Å². The van der Waals surface area contributed by atoms with Gasteiger partial charge in [0, 0.05) is 39.1 Å². The highest BCUT2D eigenvalue weighted by Crippen LogP contribution is 2.60. The van der Waals surface area contributed by atoms with Crippen LogP contribution in [0.4, 0.5) is 34.1 Å². The Balaban J connectivity index is 1.03. The summed E-state index contributed by atoms with van der Waals surface area (Å²) in [5.74, 6) is 1.65. The van der Waals surface area contributed by atoms with Gasteiger partial charge >= 0.3 is 0 Å². The molecule has 0 amide bonds. The summed E-state index contributed by atoms with van der Waals surface area (Å²) in [4.78, 5) is 4.81. The molecule has 2 aliphatic carbocycles. The molecular weight excluding hydrogens is 861 g/mol. The van der Waals surface area contributed by atoms with Gasteiger partial charge < -0.3 is 14.5 Å². The van der Waals surface area contributed by atoms with Crippen LogP contribution < -0.4 is 14.5 Å². The minimum Gasteiger partial charge on any atom is -0.454 e. The molecule has 11 aromatic rings. The molecule has 336 valence electrons. The van der Waals surface area contributed by atoms with Crippen molar-refractivity contribution in [3.63, 3.8) is 0 Å². The Morgan fingerprint density at radius 1 is 0.338 bits per heavy atom. The third kappa shape index (κ3) is 6.03. The lowest BCUT2D eigenvalue weighted by molar-refractivity contribution is 0.488. The second kappa shape index (κ2) is 15.8. The van der Waals surface area contributed by atoms with E-state index in [2.05, 4.69) is 278 Å². The molecule has 0 spiro atoms. The fourth-order valence-corrected chi connectivity index (χ4v) is 12.4. The molecule has 14 rings (SSSR count). The average Bonchev–Trinajstić information content (AvgIpc) is 3.85. The van der Waals surface area contributed by atoms with E-state index >= 15 is 0 Å². The van der Waals surface area contributed by atoms with E-state index in [1.807, 2.05) is 0 Å². The molecule has 0 fully saturated rings. The van der Waals surface area contributed by atoms with E-state index in [1.54, 1.807) is 0 Å². The average molecular weight is 909 g/mol. The van der Waals surface area contributed by atoms with Crippen molar-refractivity contribution in [1.82, 2.24) is 0 Å². The van der Waals surface area contributed by atoms with Crippen molar-refractivity contribution in [2.75, 3.05) is 9.80 Å².